The Balaban J connectivity index is 1.43. The van der Waals surface area contributed by atoms with Gasteiger partial charge < -0.3 is 48.5 Å². The average molecular weight is 1290 g/mol. The highest BCUT2D eigenvalue weighted by atomic mass is 35.5. The summed E-state index contributed by atoms with van der Waals surface area (Å²) in [4.78, 5) is 28.1. The van der Waals surface area contributed by atoms with E-state index >= 15 is 8.42 Å². The first-order valence-corrected chi connectivity index (χ1v) is 31.9. The number of rotatable bonds is 28. The van der Waals surface area contributed by atoms with Crippen LogP contribution in [0.15, 0.2) is 228 Å². The molecule has 472 valence electrons. The van der Waals surface area contributed by atoms with Gasteiger partial charge in [-0.15, -0.1) is 23.2 Å². The average Bonchev–Trinajstić information content (AvgIpc) is 0.813. The number of carbonyl (C=O) groups is 2. The molecule has 0 saturated heterocycles. The summed E-state index contributed by atoms with van der Waals surface area (Å²) < 4.78 is 80.9. The van der Waals surface area contributed by atoms with Gasteiger partial charge in [0.2, 0.25) is 11.8 Å². The Morgan fingerprint density at radius 3 is 0.901 bits per heavy atom. The summed E-state index contributed by atoms with van der Waals surface area (Å²) in [6.45, 7) is 0. The Labute approximate surface area is 543 Å². The predicted molar refractivity (Wildman–Crippen MR) is 365 cm³/mol. The number of carbonyl (C=O) groups excluding carboxylic acids is 2. The molecule has 0 fully saturated rings. The lowest BCUT2D eigenvalue weighted by Gasteiger charge is -2.40. The van der Waals surface area contributed by atoms with Gasteiger partial charge in [0.1, 0.15) is 57.5 Å². The van der Waals surface area contributed by atoms with Crippen LogP contribution in [-0.2, 0) is 28.9 Å². The third-order valence-corrected chi connectivity index (χ3v) is 17.8. The minimum Gasteiger partial charge on any atom is -0.496 e. The number of benzene rings is 6. The smallest absolute Gasteiger partial charge is 0.239 e. The van der Waals surface area contributed by atoms with Crippen molar-refractivity contribution in [3.8, 4) is 34.5 Å². The van der Waals surface area contributed by atoms with E-state index in [4.69, 9.17) is 61.1 Å². The fraction of sp³-hybridized carbons (Fsp3) is 0.216. The summed E-state index contributed by atoms with van der Waals surface area (Å²) in [5.74, 6) is -2.00. The molecular weight excluding hydrogens is 1210 g/mol. The zero-order valence-corrected chi connectivity index (χ0v) is 54.3. The molecule has 6 aromatic carbocycles. The number of hydrogen-bond acceptors (Lipinski definition) is 12. The number of para-hydroxylation sites is 6. The molecule has 2 aliphatic carbocycles. The Hall–Kier alpha value is -9.09. The summed E-state index contributed by atoms with van der Waals surface area (Å²) in [6, 6.07) is 44.4. The Bertz CT molecular complexity index is 3780. The van der Waals surface area contributed by atoms with Crippen LogP contribution in [0.4, 0.5) is 0 Å². The molecule has 91 heavy (non-hydrogen) atoms. The molecule has 0 heterocycles. The maximum Gasteiger partial charge on any atom is 0.239 e. The molecule has 0 spiro atoms. The van der Waals surface area contributed by atoms with Crippen LogP contribution < -0.4 is 39.1 Å². The van der Waals surface area contributed by atoms with Gasteiger partial charge in [-0.05, 0) is 83.0 Å². The van der Waals surface area contributed by atoms with Crippen LogP contribution in [0.25, 0.3) is 36.5 Å². The quantitative estimate of drug-likeness (QED) is 0.0447. The lowest BCUT2D eigenvalue weighted by Crippen LogP contribution is -2.46. The first-order chi connectivity index (χ1) is 44.1. The van der Waals surface area contributed by atoms with E-state index in [1.807, 2.05) is 182 Å². The number of nitrogens with one attached hydrogen (secondary N) is 2. The van der Waals surface area contributed by atoms with Crippen molar-refractivity contribution in [2.75, 3.05) is 80.1 Å². The molecule has 8 rings (SSSR count). The van der Waals surface area contributed by atoms with Gasteiger partial charge in [-0.2, -0.15) is 0 Å². The molecule has 14 nitrogen and oxygen atoms in total. The SMILES string of the molecule is COc1ccccc1/C=C/C1=CC(/C=C/c2ccccc2OC)(OC)C(NC(=O)CCl)=C(/C=C/c2ccccc2OC)C1CS(=O)(=O)CC1C(/C=C/c2ccccc2OC)=CC(/C=C/c2ccccc2OC)(OC)C(NC(=O)CCl)=C1/C=C/c1ccccc1OC. The second-order valence-corrected chi connectivity index (χ2v) is 23.6. The highest BCUT2D eigenvalue weighted by Gasteiger charge is 2.45. The van der Waals surface area contributed by atoms with Gasteiger partial charge in [0.25, 0.3) is 0 Å². The molecule has 4 atom stereocenters. The van der Waals surface area contributed by atoms with Crippen molar-refractivity contribution >= 4 is 81.3 Å². The van der Waals surface area contributed by atoms with Gasteiger partial charge in [0.05, 0.1) is 65.6 Å². The number of amides is 2. The standard InChI is InChI=1S/C74H74Cl2N2O12S/c1-83-63-27-15-9-21-51(63)33-35-57-45-73(89-7,43-41-55-25-13-19-31-67(55)87-5)71(77-69(79)47-75)59(39-37-53-23-11-17-29-65(53)85-3)61(57)49-91(81,82)50-62-58(36-34-52-22-10-16-28-64(52)84-2)46-74(90-8,44-42-56-26-14-20-32-68(56)88-6)72(78-70(80)48-76)60(62)40-38-54-24-12-18-30-66(54)86-4/h9-46,61-62H,47-50H2,1-8H3,(H,77,79)(H,78,80)/b35-33+,36-34+,39-37+,40-38+,43-41+,44-42+. The maximum absolute atomic E-state index is 16.4. The van der Waals surface area contributed by atoms with Gasteiger partial charge in [-0.25, -0.2) is 8.42 Å². The third-order valence-electron chi connectivity index (χ3n) is 15.6. The van der Waals surface area contributed by atoms with Crippen molar-refractivity contribution < 1.29 is 55.9 Å². The second-order valence-electron chi connectivity index (χ2n) is 20.9. The summed E-state index contributed by atoms with van der Waals surface area (Å²) in [6.07, 6.45) is 25.4. The third kappa shape index (κ3) is 16.5. The largest absolute Gasteiger partial charge is 0.496 e. The zero-order valence-electron chi connectivity index (χ0n) is 52.0. The van der Waals surface area contributed by atoms with Crippen molar-refractivity contribution in [3.63, 3.8) is 0 Å². The summed E-state index contributed by atoms with van der Waals surface area (Å²) >= 11 is 12.8. The van der Waals surface area contributed by atoms with Crippen LogP contribution in [-0.4, -0.2) is 112 Å². The molecule has 2 N–H and O–H groups in total. The van der Waals surface area contributed by atoms with Crippen molar-refractivity contribution in [2.24, 2.45) is 11.8 Å². The van der Waals surface area contributed by atoms with Crippen LogP contribution in [0.1, 0.15) is 33.4 Å². The highest BCUT2D eigenvalue weighted by Crippen LogP contribution is 2.46. The van der Waals surface area contributed by atoms with E-state index in [1.54, 1.807) is 91.3 Å². The lowest BCUT2D eigenvalue weighted by molar-refractivity contribution is -0.119. The van der Waals surface area contributed by atoms with Crippen LogP contribution in [0.5, 0.6) is 34.5 Å². The van der Waals surface area contributed by atoms with E-state index < -0.39 is 68.0 Å². The number of alkyl halides is 2. The van der Waals surface area contributed by atoms with Crippen LogP contribution in [0, 0.1) is 11.8 Å². The molecule has 2 amide bonds. The Morgan fingerprint density at radius 1 is 0.396 bits per heavy atom. The fourth-order valence-corrected chi connectivity index (χ4v) is 13.1. The van der Waals surface area contributed by atoms with Crippen molar-refractivity contribution in [3.05, 3.63) is 261 Å². The van der Waals surface area contributed by atoms with E-state index in [1.165, 1.54) is 14.2 Å². The van der Waals surface area contributed by atoms with Crippen molar-refractivity contribution in [1.29, 1.82) is 0 Å². The molecule has 4 unspecified atom stereocenters. The number of methoxy groups -OCH3 is 8. The molecule has 0 aromatic heterocycles. The first kappa shape index (κ1) is 67.8. The van der Waals surface area contributed by atoms with E-state index in [-0.39, 0.29) is 11.4 Å². The Kier molecular flexibility index (Phi) is 23.9. The lowest BCUT2D eigenvalue weighted by atomic mass is 9.76. The van der Waals surface area contributed by atoms with Crippen LogP contribution >= 0.6 is 23.2 Å². The van der Waals surface area contributed by atoms with E-state index in [0.29, 0.717) is 90.2 Å². The van der Waals surface area contributed by atoms with Gasteiger partial charge in [0, 0.05) is 59.4 Å². The minimum atomic E-state index is -4.44. The highest BCUT2D eigenvalue weighted by molar-refractivity contribution is 7.91. The summed E-state index contributed by atoms with van der Waals surface area (Å²) in [7, 11) is 7.98. The number of halogens is 2. The molecule has 2 aliphatic rings. The van der Waals surface area contributed by atoms with Gasteiger partial charge in [0.15, 0.2) is 9.84 Å². The molecule has 0 saturated carbocycles. The van der Waals surface area contributed by atoms with E-state index in [9.17, 15) is 9.59 Å². The number of ether oxygens (including phenoxy) is 8. The predicted octanol–water partition coefficient (Wildman–Crippen LogP) is 13.8. The Morgan fingerprint density at radius 2 is 0.648 bits per heavy atom. The summed E-state index contributed by atoms with van der Waals surface area (Å²) in [5, 5.41) is 6.15. The molecule has 0 bridgehead atoms. The zero-order chi connectivity index (χ0) is 65.0. The fourth-order valence-electron chi connectivity index (χ4n) is 11.1. The molecule has 17 heteroatoms. The second kappa shape index (κ2) is 32.1. The van der Waals surface area contributed by atoms with Crippen molar-refractivity contribution in [2.45, 2.75) is 11.2 Å². The first-order valence-electron chi connectivity index (χ1n) is 29.0. The molecule has 6 aromatic rings. The number of hydrogen-bond donors (Lipinski definition) is 2. The monoisotopic (exact) mass is 1280 g/mol. The maximum atomic E-state index is 16.4. The number of sulfone groups is 1. The molecule has 0 radical (unpaired) electrons. The normalized spacial score (nSPS) is 18.7. The van der Waals surface area contributed by atoms with Gasteiger partial charge in [-0.1, -0.05) is 170 Å². The summed E-state index contributed by atoms with van der Waals surface area (Å²) in [5.41, 5.74) is 2.94. The van der Waals surface area contributed by atoms with E-state index in [2.05, 4.69) is 10.6 Å². The molecular formula is C74H74Cl2N2O12S. The topological polar surface area (TPSA) is 166 Å². The van der Waals surface area contributed by atoms with Crippen molar-refractivity contribution in [1.82, 2.24) is 10.6 Å². The number of allylic oxidation sites excluding steroid dienone is 8. The molecule has 0 aliphatic heterocycles. The van der Waals surface area contributed by atoms with Gasteiger partial charge >= 0.3 is 0 Å². The van der Waals surface area contributed by atoms with Crippen LogP contribution in [0.2, 0.25) is 0 Å². The minimum absolute atomic E-state index is 0.198. The van der Waals surface area contributed by atoms with Crippen LogP contribution in [0.3, 0.4) is 0 Å². The van der Waals surface area contributed by atoms with Gasteiger partial charge in [-0.3, -0.25) is 9.59 Å². The van der Waals surface area contributed by atoms with E-state index in [0.717, 1.165) is 0 Å².